The van der Waals surface area contributed by atoms with Gasteiger partial charge in [-0.25, -0.2) is 27.5 Å². The van der Waals surface area contributed by atoms with Crippen molar-refractivity contribution in [3.8, 4) is 0 Å². The van der Waals surface area contributed by atoms with Gasteiger partial charge in [0.15, 0.2) is 17.1 Å². The molecule has 4 aromatic heterocycles. The third kappa shape index (κ3) is 6.31. The van der Waals surface area contributed by atoms with Gasteiger partial charge in [-0.05, 0) is 70.2 Å². The molecule has 7 heterocycles. The Hall–Kier alpha value is -5.23. The minimum Gasteiger partial charge on any atom is -0.370 e. The third-order valence-corrected chi connectivity index (χ3v) is 12.2. The van der Waals surface area contributed by atoms with E-state index in [1.807, 2.05) is 25.2 Å². The molecule has 56 heavy (non-hydrogen) atoms. The summed E-state index contributed by atoms with van der Waals surface area (Å²) in [6.07, 6.45) is 7.31. The summed E-state index contributed by atoms with van der Waals surface area (Å²) in [7, 11) is 3.67. The van der Waals surface area contributed by atoms with Gasteiger partial charge in [0, 0.05) is 57.7 Å². The number of epoxide rings is 1. The topological polar surface area (TPSA) is 152 Å². The number of hydrogen-bond acceptors (Lipinski definition) is 10. The van der Waals surface area contributed by atoms with E-state index >= 15 is 4.39 Å². The Morgan fingerprint density at radius 1 is 1.09 bits per heavy atom. The van der Waals surface area contributed by atoms with Crippen LogP contribution >= 0.6 is 0 Å². The predicted molar refractivity (Wildman–Crippen MR) is 199 cm³/mol. The lowest BCUT2D eigenvalue weighted by Gasteiger charge is -2.42. The highest BCUT2D eigenvalue weighted by atomic mass is 19.3. The number of alkyl halides is 3. The molecule has 9 rings (SSSR count). The monoisotopic (exact) mass is 775 g/mol. The molecule has 2 amide bonds. The van der Waals surface area contributed by atoms with Gasteiger partial charge in [0.25, 0.3) is 6.43 Å². The number of fused-ring (bicyclic) bond motifs is 2. The number of rotatable bonds is 10. The molecule has 0 radical (unpaired) electrons. The number of benzene rings is 1. The molecule has 3 aliphatic heterocycles. The molecule has 2 N–H and O–H groups in total. The van der Waals surface area contributed by atoms with Gasteiger partial charge in [-0.2, -0.15) is 10.2 Å². The normalized spacial score (nSPS) is 26.2. The zero-order chi connectivity index (χ0) is 38.9. The average Bonchev–Trinajstić information content (AvgIpc) is 3.50. The largest absolute Gasteiger partial charge is 0.370 e. The Bertz CT molecular complexity index is 2370. The molecular formula is C38H44F3N11O4. The summed E-state index contributed by atoms with van der Waals surface area (Å²) < 4.78 is 57.0. The highest BCUT2D eigenvalue weighted by Gasteiger charge is 2.50. The molecule has 15 nitrogen and oxygen atoms in total. The standard InChI is InChI=1S/C38H44F3N11O4/c1-47(23-11-17-49(18-12-23)27-5-3-6-28-32(27)48(2)36(55)52(28)29-7-8-30(53)44-35(29)54)21-37(41)13-9-24(10-14-37)51-20-26(31(46-51)33(39)40)45-38(22-56-38)25-19-43-50-16-4-15-42-34(25)50/h3-6,15-16,19-20,23-24,29,33,45H,7-14,17-18,21-22H2,1-2H3,(H,44,53,54). The van der Waals surface area contributed by atoms with Crippen molar-refractivity contribution in [3.05, 3.63) is 70.8 Å². The number of para-hydroxylation sites is 1. The van der Waals surface area contributed by atoms with Gasteiger partial charge >= 0.3 is 5.69 Å². The first-order chi connectivity index (χ1) is 26.9. The van der Waals surface area contributed by atoms with E-state index in [2.05, 4.69) is 35.6 Å². The number of carbonyl (C=O) groups is 2. The highest BCUT2D eigenvalue weighted by Crippen LogP contribution is 2.44. The van der Waals surface area contributed by atoms with Crippen LogP contribution in [0, 0.1) is 0 Å². The second-order valence-electron chi connectivity index (χ2n) is 15.7. The maximum atomic E-state index is 16.5. The number of imidazole rings is 1. The van der Waals surface area contributed by atoms with Crippen LogP contribution in [-0.2, 0) is 27.1 Å². The van der Waals surface area contributed by atoms with Crippen molar-refractivity contribution in [1.29, 1.82) is 0 Å². The van der Waals surface area contributed by atoms with E-state index in [0.29, 0.717) is 42.7 Å². The van der Waals surface area contributed by atoms with Crippen LogP contribution < -0.4 is 21.2 Å². The molecular weight excluding hydrogens is 731 g/mol. The Labute approximate surface area is 319 Å². The maximum Gasteiger partial charge on any atom is 0.329 e. The van der Waals surface area contributed by atoms with Gasteiger partial charge < -0.3 is 19.9 Å². The lowest BCUT2D eigenvalue weighted by Crippen LogP contribution is -2.49. The van der Waals surface area contributed by atoms with Crippen molar-refractivity contribution in [2.45, 2.75) is 87.3 Å². The van der Waals surface area contributed by atoms with Crippen molar-refractivity contribution in [3.63, 3.8) is 0 Å². The van der Waals surface area contributed by atoms with Crippen LogP contribution in [0.25, 0.3) is 16.7 Å². The number of imide groups is 1. The Morgan fingerprint density at radius 2 is 1.86 bits per heavy atom. The highest BCUT2D eigenvalue weighted by molar-refractivity contribution is 6.00. The van der Waals surface area contributed by atoms with Gasteiger partial charge in [-0.3, -0.25) is 28.7 Å². The number of piperidine rings is 2. The molecule has 1 aromatic carbocycles. The minimum atomic E-state index is -2.82. The number of amides is 2. The van der Waals surface area contributed by atoms with E-state index in [9.17, 15) is 23.2 Å². The van der Waals surface area contributed by atoms with Crippen LogP contribution in [0.3, 0.4) is 0 Å². The second kappa shape index (κ2) is 13.8. The Kier molecular flexibility index (Phi) is 8.94. The van der Waals surface area contributed by atoms with E-state index in [4.69, 9.17) is 4.74 Å². The van der Waals surface area contributed by atoms with Gasteiger partial charge in [-0.1, -0.05) is 6.07 Å². The number of hydrogen-bond donors (Lipinski definition) is 2. The summed E-state index contributed by atoms with van der Waals surface area (Å²) in [4.78, 5) is 46.6. The smallest absolute Gasteiger partial charge is 0.329 e. The van der Waals surface area contributed by atoms with Crippen molar-refractivity contribution >= 4 is 39.9 Å². The number of carbonyl (C=O) groups excluding carboxylic acids is 2. The SMILES string of the molecule is CN(CC1(F)CCC(n2cc(NC3(c4cnn5cccnc45)CO3)c(C(F)F)n2)CC1)C1CCN(c2cccc3c2n(C)c(=O)n3C2CCC(=O)NC2=O)CC1. The summed E-state index contributed by atoms with van der Waals surface area (Å²) in [6.45, 7) is 1.94. The number of halogens is 3. The molecule has 4 fully saturated rings. The van der Waals surface area contributed by atoms with Crippen LogP contribution in [0.2, 0.25) is 0 Å². The summed E-state index contributed by atoms with van der Waals surface area (Å²) in [6, 6.07) is 6.62. The van der Waals surface area contributed by atoms with Crippen LogP contribution in [-0.4, -0.2) is 95.2 Å². The van der Waals surface area contributed by atoms with Crippen LogP contribution in [0.4, 0.5) is 24.5 Å². The summed E-state index contributed by atoms with van der Waals surface area (Å²) >= 11 is 0. The third-order valence-electron chi connectivity index (χ3n) is 12.2. The molecule has 0 spiro atoms. The molecule has 5 aromatic rings. The number of aryl methyl sites for hydroxylation is 1. The molecule has 0 bridgehead atoms. The van der Waals surface area contributed by atoms with Gasteiger partial charge in [0.1, 0.15) is 18.3 Å². The first-order valence-electron chi connectivity index (χ1n) is 19.2. The van der Waals surface area contributed by atoms with E-state index in [0.717, 1.165) is 24.0 Å². The molecule has 1 saturated carbocycles. The van der Waals surface area contributed by atoms with Gasteiger partial charge in [-0.15, -0.1) is 0 Å². The quantitative estimate of drug-likeness (QED) is 0.156. The number of nitrogens with zero attached hydrogens (tertiary/aromatic N) is 9. The maximum absolute atomic E-state index is 16.5. The minimum absolute atomic E-state index is 0.154. The first kappa shape index (κ1) is 36.4. The van der Waals surface area contributed by atoms with Crippen molar-refractivity contribution in [2.24, 2.45) is 7.05 Å². The lowest BCUT2D eigenvalue weighted by molar-refractivity contribution is -0.135. The molecule has 18 heteroatoms. The zero-order valence-electron chi connectivity index (χ0n) is 31.2. The zero-order valence-corrected chi connectivity index (χ0v) is 31.2. The Morgan fingerprint density at radius 3 is 2.57 bits per heavy atom. The van der Waals surface area contributed by atoms with E-state index in [1.165, 1.54) is 4.57 Å². The number of nitrogens with one attached hydrogen (secondary N) is 2. The molecule has 4 aliphatic rings. The number of ether oxygens (including phenoxy) is 1. The number of aromatic nitrogens is 7. The molecule has 3 saturated heterocycles. The van der Waals surface area contributed by atoms with Crippen molar-refractivity contribution < 1.29 is 27.5 Å². The van der Waals surface area contributed by atoms with E-state index < -0.39 is 29.8 Å². The van der Waals surface area contributed by atoms with Gasteiger partial charge in [0.05, 0.1) is 40.2 Å². The molecule has 2 atom stereocenters. The van der Waals surface area contributed by atoms with Crippen LogP contribution in [0.1, 0.15) is 81.1 Å². The van der Waals surface area contributed by atoms with Crippen molar-refractivity contribution in [2.75, 3.05) is 43.5 Å². The summed E-state index contributed by atoms with van der Waals surface area (Å²) in [5.41, 5.74) is 0.512. The second-order valence-corrected chi connectivity index (χ2v) is 15.7. The van der Waals surface area contributed by atoms with Crippen molar-refractivity contribution in [1.82, 2.24) is 43.7 Å². The van der Waals surface area contributed by atoms with E-state index in [-0.39, 0.29) is 73.9 Å². The molecule has 1 aliphatic carbocycles. The van der Waals surface area contributed by atoms with Crippen LogP contribution in [0.15, 0.2) is 53.8 Å². The fourth-order valence-electron chi connectivity index (χ4n) is 9.12. The fourth-order valence-corrected chi connectivity index (χ4v) is 9.12. The average molecular weight is 776 g/mol. The number of anilines is 2. The summed E-state index contributed by atoms with van der Waals surface area (Å²) in [5.74, 6) is -0.802. The fraction of sp³-hybridized carbons (Fsp3) is 0.526. The van der Waals surface area contributed by atoms with E-state index in [1.54, 1.807) is 51.7 Å². The Balaban J connectivity index is 0.827. The molecule has 2 unspecified atom stereocenters. The predicted octanol–water partition coefficient (Wildman–Crippen LogP) is 4.21. The van der Waals surface area contributed by atoms with Gasteiger partial charge in [0.2, 0.25) is 11.8 Å². The van der Waals surface area contributed by atoms with Crippen LogP contribution in [0.5, 0.6) is 0 Å². The lowest BCUT2D eigenvalue weighted by atomic mass is 9.83. The molecule has 296 valence electrons. The first-order valence-corrected chi connectivity index (χ1v) is 19.2. The summed E-state index contributed by atoms with van der Waals surface area (Å²) in [5, 5.41) is 14.1.